The van der Waals surface area contributed by atoms with Crippen LogP contribution in [0.15, 0.2) is 24.4 Å². The average Bonchev–Trinajstić information content (AvgIpc) is 3.14. The van der Waals surface area contributed by atoms with E-state index in [-0.39, 0.29) is 11.9 Å². The van der Waals surface area contributed by atoms with Gasteiger partial charge in [-0.2, -0.15) is 5.10 Å². The van der Waals surface area contributed by atoms with Crippen molar-refractivity contribution in [2.75, 3.05) is 13.2 Å². The summed E-state index contributed by atoms with van der Waals surface area (Å²) < 4.78 is 7.34. The molecule has 0 saturated carbocycles. The number of hydrogen-bond donors (Lipinski definition) is 0. The van der Waals surface area contributed by atoms with Crippen LogP contribution >= 0.6 is 0 Å². The fourth-order valence-electron chi connectivity index (χ4n) is 3.26. The molecule has 1 aliphatic heterocycles. The number of rotatable bonds is 5. The molecule has 1 aliphatic rings. The van der Waals surface area contributed by atoms with E-state index in [1.165, 1.54) is 0 Å². The Morgan fingerprint density at radius 1 is 1.38 bits per heavy atom. The Hall–Kier alpha value is -2.37. The monoisotopic (exact) mass is 328 g/mol. The first-order valence-electron chi connectivity index (χ1n) is 8.49. The number of amides is 1. The second-order valence-corrected chi connectivity index (χ2v) is 6.22. The molecule has 128 valence electrons. The molecule has 0 aliphatic carbocycles. The van der Waals surface area contributed by atoms with E-state index in [4.69, 9.17) is 4.74 Å². The van der Waals surface area contributed by atoms with Crippen molar-refractivity contribution < 1.29 is 9.53 Å². The number of nitrogens with zero attached hydrogens (tertiary/aromatic N) is 4. The van der Waals surface area contributed by atoms with Crippen LogP contribution in [0.5, 0.6) is 5.88 Å². The number of ether oxygens (including phenoxy) is 1. The normalized spacial score (nSPS) is 17.3. The molecule has 6 heteroatoms. The summed E-state index contributed by atoms with van der Waals surface area (Å²) in [6.45, 7) is 8.06. The molecule has 3 rings (SSSR count). The quantitative estimate of drug-likeness (QED) is 0.846. The minimum atomic E-state index is 0.0366. The van der Waals surface area contributed by atoms with Crippen molar-refractivity contribution >= 4 is 5.91 Å². The topological polar surface area (TPSA) is 60.2 Å². The fourth-order valence-corrected chi connectivity index (χ4v) is 3.26. The summed E-state index contributed by atoms with van der Waals surface area (Å²) >= 11 is 0. The lowest BCUT2D eigenvalue weighted by molar-refractivity contribution is 0.0720. The van der Waals surface area contributed by atoms with Gasteiger partial charge in [-0.15, -0.1) is 0 Å². The Balaban J connectivity index is 1.72. The lowest BCUT2D eigenvalue weighted by atomic mass is 10.2. The van der Waals surface area contributed by atoms with Crippen molar-refractivity contribution in [3.05, 3.63) is 41.3 Å². The number of likely N-dealkylation sites (tertiary alicyclic amines) is 1. The van der Waals surface area contributed by atoms with Gasteiger partial charge in [-0.25, -0.2) is 4.98 Å². The maximum atomic E-state index is 12.8. The molecule has 1 atom stereocenters. The molecule has 6 nitrogen and oxygen atoms in total. The van der Waals surface area contributed by atoms with Crippen LogP contribution in [0.1, 0.15) is 41.5 Å². The SMILES string of the molecule is CCOc1ccc(C(=O)N2CCC[C@@H]2Cn2nc(C)cc2C)cn1. The predicted octanol–water partition coefficient (Wildman–Crippen LogP) is 2.60. The van der Waals surface area contributed by atoms with Crippen molar-refractivity contribution in [3.8, 4) is 5.88 Å². The molecule has 1 amide bonds. The highest BCUT2D eigenvalue weighted by Crippen LogP contribution is 2.22. The van der Waals surface area contributed by atoms with Gasteiger partial charge in [0.25, 0.3) is 5.91 Å². The van der Waals surface area contributed by atoms with Gasteiger partial charge in [0.2, 0.25) is 5.88 Å². The predicted molar refractivity (Wildman–Crippen MR) is 91.2 cm³/mol. The smallest absolute Gasteiger partial charge is 0.255 e. The molecule has 3 heterocycles. The molecule has 0 unspecified atom stereocenters. The summed E-state index contributed by atoms with van der Waals surface area (Å²) in [5.41, 5.74) is 2.76. The Morgan fingerprint density at radius 3 is 2.83 bits per heavy atom. The molecule has 1 fully saturated rings. The van der Waals surface area contributed by atoms with Crippen molar-refractivity contribution in [2.45, 2.75) is 46.2 Å². The Morgan fingerprint density at radius 2 is 2.21 bits per heavy atom. The number of hydrogen-bond acceptors (Lipinski definition) is 4. The van der Waals surface area contributed by atoms with E-state index >= 15 is 0 Å². The minimum Gasteiger partial charge on any atom is -0.478 e. The molecule has 2 aromatic rings. The molecule has 24 heavy (non-hydrogen) atoms. The van der Waals surface area contributed by atoms with Gasteiger partial charge in [0, 0.05) is 24.5 Å². The van der Waals surface area contributed by atoms with Gasteiger partial charge in [-0.05, 0) is 45.7 Å². The number of carbonyl (C=O) groups is 1. The van der Waals surface area contributed by atoms with E-state index in [1.807, 2.05) is 23.4 Å². The molecule has 0 aromatic carbocycles. The highest BCUT2D eigenvalue weighted by Gasteiger charge is 2.30. The van der Waals surface area contributed by atoms with Gasteiger partial charge in [-0.3, -0.25) is 9.48 Å². The number of carbonyl (C=O) groups excluding carboxylic acids is 1. The molecule has 1 saturated heterocycles. The first-order valence-corrected chi connectivity index (χ1v) is 8.49. The molecule has 0 spiro atoms. The summed E-state index contributed by atoms with van der Waals surface area (Å²) in [5, 5.41) is 4.52. The maximum absolute atomic E-state index is 12.8. The highest BCUT2D eigenvalue weighted by molar-refractivity contribution is 5.94. The maximum Gasteiger partial charge on any atom is 0.255 e. The van der Waals surface area contributed by atoms with E-state index in [0.29, 0.717) is 18.1 Å². The fraction of sp³-hybridized carbons (Fsp3) is 0.500. The Bertz CT molecular complexity index is 708. The van der Waals surface area contributed by atoms with Crippen LogP contribution in [0.25, 0.3) is 0 Å². The van der Waals surface area contributed by atoms with Gasteiger partial charge in [0.05, 0.1) is 30.5 Å². The minimum absolute atomic E-state index is 0.0366. The van der Waals surface area contributed by atoms with Crippen LogP contribution in [-0.2, 0) is 6.54 Å². The van der Waals surface area contributed by atoms with Gasteiger partial charge in [0.1, 0.15) is 0 Å². The van der Waals surface area contributed by atoms with Crippen LogP contribution in [0.4, 0.5) is 0 Å². The zero-order chi connectivity index (χ0) is 17.1. The average molecular weight is 328 g/mol. The third kappa shape index (κ3) is 3.42. The molecule has 0 radical (unpaired) electrons. The lowest BCUT2D eigenvalue weighted by Crippen LogP contribution is -2.38. The van der Waals surface area contributed by atoms with Crippen molar-refractivity contribution in [1.82, 2.24) is 19.7 Å². The van der Waals surface area contributed by atoms with Crippen LogP contribution in [0, 0.1) is 13.8 Å². The Kier molecular flexibility index (Phi) is 4.83. The summed E-state index contributed by atoms with van der Waals surface area (Å²) in [7, 11) is 0. The summed E-state index contributed by atoms with van der Waals surface area (Å²) in [4.78, 5) is 19.0. The molecule has 2 aromatic heterocycles. The highest BCUT2D eigenvalue weighted by atomic mass is 16.5. The number of pyridine rings is 1. The molecular weight excluding hydrogens is 304 g/mol. The first kappa shape index (κ1) is 16.5. The Labute approximate surface area is 142 Å². The van der Waals surface area contributed by atoms with Gasteiger partial charge in [0.15, 0.2) is 0 Å². The van der Waals surface area contributed by atoms with E-state index in [2.05, 4.69) is 23.1 Å². The molecular formula is C18H24N4O2. The van der Waals surface area contributed by atoms with E-state index in [9.17, 15) is 4.79 Å². The summed E-state index contributed by atoms with van der Waals surface area (Å²) in [5.74, 6) is 0.587. The largest absolute Gasteiger partial charge is 0.478 e. The summed E-state index contributed by atoms with van der Waals surface area (Å²) in [6, 6.07) is 5.79. The zero-order valence-electron chi connectivity index (χ0n) is 14.5. The second-order valence-electron chi connectivity index (χ2n) is 6.22. The third-order valence-corrected chi connectivity index (χ3v) is 4.40. The van der Waals surface area contributed by atoms with Gasteiger partial charge >= 0.3 is 0 Å². The number of aromatic nitrogens is 3. The van der Waals surface area contributed by atoms with Crippen molar-refractivity contribution in [2.24, 2.45) is 0 Å². The van der Waals surface area contributed by atoms with Crippen LogP contribution in [-0.4, -0.2) is 44.8 Å². The van der Waals surface area contributed by atoms with E-state index < -0.39 is 0 Å². The standard InChI is InChI=1S/C18H24N4O2/c1-4-24-17-8-7-15(11-19-17)18(23)21-9-5-6-16(21)12-22-14(3)10-13(2)20-22/h7-8,10-11,16H,4-6,9,12H2,1-3H3/t16-/m1/s1. The summed E-state index contributed by atoms with van der Waals surface area (Å²) in [6.07, 6.45) is 3.64. The second kappa shape index (κ2) is 7.03. The van der Waals surface area contributed by atoms with Crippen LogP contribution < -0.4 is 4.74 Å². The molecule has 0 bridgehead atoms. The van der Waals surface area contributed by atoms with Crippen LogP contribution in [0.3, 0.4) is 0 Å². The zero-order valence-corrected chi connectivity index (χ0v) is 14.5. The first-order chi connectivity index (χ1) is 11.6. The van der Waals surface area contributed by atoms with Gasteiger partial charge in [-0.1, -0.05) is 0 Å². The third-order valence-electron chi connectivity index (χ3n) is 4.40. The van der Waals surface area contributed by atoms with Gasteiger partial charge < -0.3 is 9.64 Å². The number of aryl methyl sites for hydroxylation is 2. The van der Waals surface area contributed by atoms with E-state index in [1.54, 1.807) is 18.3 Å². The van der Waals surface area contributed by atoms with Crippen molar-refractivity contribution in [1.29, 1.82) is 0 Å². The van der Waals surface area contributed by atoms with Crippen molar-refractivity contribution in [3.63, 3.8) is 0 Å². The lowest BCUT2D eigenvalue weighted by Gasteiger charge is -2.25. The van der Waals surface area contributed by atoms with Crippen LogP contribution in [0.2, 0.25) is 0 Å². The molecule has 0 N–H and O–H groups in total. The van der Waals surface area contributed by atoms with E-state index in [0.717, 1.165) is 37.3 Å².